The van der Waals surface area contributed by atoms with Crippen molar-refractivity contribution in [2.45, 2.75) is 6.18 Å². The molecule has 0 spiro atoms. The lowest BCUT2D eigenvalue weighted by molar-refractivity contribution is -0.137. The number of halogens is 4. The Bertz CT molecular complexity index is 360. The summed E-state index contributed by atoms with van der Waals surface area (Å²) in [5.41, 5.74) is -0.886. The second-order valence-electron chi connectivity index (χ2n) is 2.32. The Balaban J connectivity index is 3.24. The average molecular weight is 204 g/mol. The Kier molecular flexibility index (Phi) is 2.53. The van der Waals surface area contributed by atoms with Crippen LogP contribution in [-0.4, -0.2) is 0 Å². The molecule has 0 unspecified atom stereocenters. The molecule has 1 aromatic carbocycles. The van der Waals surface area contributed by atoms with Crippen LogP contribution in [0.3, 0.4) is 0 Å². The highest BCUT2D eigenvalue weighted by molar-refractivity contribution is 6.31. The normalized spacial score (nSPS) is 11.0. The third kappa shape index (κ3) is 2.16. The maximum Gasteiger partial charge on any atom is 0.416 e. The highest BCUT2D eigenvalue weighted by Crippen LogP contribution is 2.31. The van der Waals surface area contributed by atoms with Crippen molar-refractivity contribution in [3.63, 3.8) is 0 Å². The van der Waals surface area contributed by atoms with E-state index in [0.717, 1.165) is 18.2 Å². The van der Waals surface area contributed by atoms with Crippen molar-refractivity contribution in [2.24, 2.45) is 0 Å². The minimum atomic E-state index is -4.41. The summed E-state index contributed by atoms with van der Waals surface area (Å²) in [5.74, 6) is 1.83. The zero-order valence-electron chi connectivity index (χ0n) is 6.24. The first-order chi connectivity index (χ1) is 5.95. The highest BCUT2D eigenvalue weighted by Gasteiger charge is 2.30. The Labute approximate surface area is 78.3 Å². The molecule has 0 aliphatic carbocycles. The maximum absolute atomic E-state index is 12.1. The molecule has 1 radical (unpaired) electrons. The fourth-order valence-electron chi connectivity index (χ4n) is 0.797. The first-order valence-corrected chi connectivity index (χ1v) is 3.62. The molecule has 13 heavy (non-hydrogen) atoms. The van der Waals surface area contributed by atoms with E-state index in [0.29, 0.717) is 0 Å². The lowest BCUT2D eigenvalue weighted by atomic mass is 10.1. The smallest absolute Gasteiger partial charge is 0.166 e. The first kappa shape index (κ1) is 9.94. The summed E-state index contributed by atoms with van der Waals surface area (Å²) in [6, 6.07) is 2.75. The molecule has 0 aromatic heterocycles. The topological polar surface area (TPSA) is 0 Å². The van der Waals surface area contributed by atoms with Gasteiger partial charge in [0.1, 0.15) is 0 Å². The first-order valence-electron chi connectivity index (χ1n) is 3.24. The lowest BCUT2D eigenvalue weighted by Crippen LogP contribution is -2.04. The molecule has 0 heterocycles. The van der Waals surface area contributed by atoms with E-state index >= 15 is 0 Å². The number of hydrogen-bond acceptors (Lipinski definition) is 0. The number of benzene rings is 1. The standard InChI is InChI=1S/C9H3ClF3/c1-2-6-5-7(9(11,12)13)3-4-8(6)10/h3-5H. The fourth-order valence-corrected chi connectivity index (χ4v) is 0.962. The molecule has 4 heteroatoms. The molecule has 0 fully saturated rings. The van der Waals surface area contributed by atoms with E-state index < -0.39 is 11.7 Å². The zero-order valence-corrected chi connectivity index (χ0v) is 7.00. The van der Waals surface area contributed by atoms with Crippen molar-refractivity contribution < 1.29 is 13.2 Å². The van der Waals surface area contributed by atoms with Crippen LogP contribution in [0, 0.1) is 12.3 Å². The summed E-state index contributed by atoms with van der Waals surface area (Å²) in [4.78, 5) is 0. The van der Waals surface area contributed by atoms with Crippen LogP contribution in [0.15, 0.2) is 18.2 Å². The van der Waals surface area contributed by atoms with Crippen molar-refractivity contribution >= 4 is 11.6 Å². The third-order valence-electron chi connectivity index (χ3n) is 1.43. The molecule has 0 N–H and O–H groups in total. The molecule has 0 saturated heterocycles. The van der Waals surface area contributed by atoms with E-state index in [1.807, 2.05) is 5.92 Å². The van der Waals surface area contributed by atoms with Gasteiger partial charge in [0.2, 0.25) is 0 Å². The second-order valence-corrected chi connectivity index (χ2v) is 2.72. The molecule has 0 amide bonds. The molecule has 0 atom stereocenters. The van der Waals surface area contributed by atoms with E-state index in [1.165, 1.54) is 0 Å². The molecule has 0 aliphatic heterocycles. The maximum atomic E-state index is 12.1. The number of alkyl halides is 3. The van der Waals surface area contributed by atoms with Gasteiger partial charge in [-0.1, -0.05) is 17.5 Å². The van der Waals surface area contributed by atoms with Gasteiger partial charge in [-0.2, -0.15) is 13.2 Å². The Morgan fingerprint density at radius 3 is 2.38 bits per heavy atom. The van der Waals surface area contributed by atoms with E-state index in [4.69, 9.17) is 18.0 Å². The van der Waals surface area contributed by atoms with Crippen LogP contribution < -0.4 is 0 Å². The van der Waals surface area contributed by atoms with Crippen LogP contribution in [0.4, 0.5) is 13.2 Å². The summed E-state index contributed by atoms with van der Waals surface area (Å²) < 4.78 is 36.3. The van der Waals surface area contributed by atoms with Gasteiger partial charge in [-0.3, -0.25) is 0 Å². The van der Waals surface area contributed by atoms with Crippen molar-refractivity contribution in [1.82, 2.24) is 0 Å². The monoisotopic (exact) mass is 203 g/mol. The Morgan fingerprint density at radius 1 is 1.31 bits per heavy atom. The largest absolute Gasteiger partial charge is 0.416 e. The SMILES string of the molecule is [C]#Cc1cc(C(F)(F)F)ccc1Cl. The third-order valence-corrected chi connectivity index (χ3v) is 1.76. The molecular formula is C9H3ClF3. The van der Waals surface area contributed by atoms with Crippen LogP contribution >= 0.6 is 11.6 Å². The van der Waals surface area contributed by atoms with Crippen LogP contribution in [0.5, 0.6) is 0 Å². The minimum absolute atomic E-state index is 0.0588. The molecule has 0 nitrogen and oxygen atoms in total. The molecule has 0 aliphatic rings. The van der Waals surface area contributed by atoms with Gasteiger partial charge in [0.05, 0.1) is 10.6 Å². The van der Waals surface area contributed by atoms with Crippen molar-refractivity contribution in [3.8, 4) is 5.92 Å². The van der Waals surface area contributed by atoms with Gasteiger partial charge in [-0.05, 0) is 24.6 Å². The summed E-state index contributed by atoms with van der Waals surface area (Å²) >= 11 is 5.50. The van der Waals surface area contributed by atoms with Crippen LogP contribution in [0.2, 0.25) is 5.02 Å². The van der Waals surface area contributed by atoms with Gasteiger partial charge < -0.3 is 0 Å². The van der Waals surface area contributed by atoms with Crippen molar-refractivity contribution in [1.29, 1.82) is 0 Å². The lowest BCUT2D eigenvalue weighted by Gasteiger charge is -2.06. The molecule has 1 rings (SSSR count). The molecule has 0 saturated carbocycles. The molecule has 1 aromatic rings. The Morgan fingerprint density at radius 2 is 1.92 bits per heavy atom. The van der Waals surface area contributed by atoms with Crippen molar-refractivity contribution in [2.75, 3.05) is 0 Å². The van der Waals surface area contributed by atoms with Gasteiger partial charge in [0.15, 0.2) is 0 Å². The van der Waals surface area contributed by atoms with E-state index in [1.54, 1.807) is 0 Å². The van der Waals surface area contributed by atoms with E-state index in [2.05, 4.69) is 0 Å². The van der Waals surface area contributed by atoms with Gasteiger partial charge in [0.25, 0.3) is 0 Å². The van der Waals surface area contributed by atoms with E-state index in [9.17, 15) is 13.2 Å². The minimum Gasteiger partial charge on any atom is -0.166 e. The summed E-state index contributed by atoms with van der Waals surface area (Å²) in [7, 11) is 0. The predicted molar refractivity (Wildman–Crippen MR) is 42.7 cm³/mol. The van der Waals surface area contributed by atoms with Gasteiger partial charge >= 0.3 is 6.18 Å². The van der Waals surface area contributed by atoms with Crippen LogP contribution in [0.1, 0.15) is 11.1 Å². The Hall–Kier alpha value is -1.14. The quantitative estimate of drug-likeness (QED) is 0.568. The fraction of sp³-hybridized carbons (Fsp3) is 0.111. The summed E-state index contributed by atoms with van der Waals surface area (Å²) in [6.45, 7) is 0. The highest BCUT2D eigenvalue weighted by atomic mass is 35.5. The molecule has 67 valence electrons. The number of rotatable bonds is 0. The van der Waals surface area contributed by atoms with E-state index in [-0.39, 0.29) is 10.6 Å². The van der Waals surface area contributed by atoms with Gasteiger partial charge in [0, 0.05) is 5.56 Å². The summed E-state index contributed by atoms with van der Waals surface area (Å²) in [6.07, 6.45) is 2.28. The predicted octanol–water partition coefficient (Wildman–Crippen LogP) is 3.30. The molecular weight excluding hydrogens is 201 g/mol. The zero-order chi connectivity index (χ0) is 10.1. The average Bonchev–Trinajstić information content (AvgIpc) is 2.03. The van der Waals surface area contributed by atoms with Gasteiger partial charge in [-0.15, -0.1) is 0 Å². The molecule has 0 bridgehead atoms. The van der Waals surface area contributed by atoms with Gasteiger partial charge in [-0.25, -0.2) is 0 Å². The van der Waals surface area contributed by atoms with Crippen molar-refractivity contribution in [3.05, 3.63) is 40.8 Å². The number of hydrogen-bond donors (Lipinski definition) is 0. The van der Waals surface area contributed by atoms with Crippen LogP contribution in [0.25, 0.3) is 0 Å². The summed E-state index contributed by atoms with van der Waals surface area (Å²) in [5, 5.41) is 0.0861. The second kappa shape index (κ2) is 3.31. The van der Waals surface area contributed by atoms with Crippen LogP contribution in [-0.2, 0) is 6.18 Å².